The first-order valence-corrected chi connectivity index (χ1v) is 9.47. The van der Waals surface area contributed by atoms with Crippen LogP contribution in [0.25, 0.3) is 6.08 Å². The highest BCUT2D eigenvalue weighted by atomic mass is 32.2. The third-order valence-corrected chi connectivity index (χ3v) is 5.38. The van der Waals surface area contributed by atoms with Crippen molar-refractivity contribution in [3.05, 3.63) is 35.4 Å². The number of fused-ring (bicyclic) bond motifs is 1. The fourth-order valence-electron chi connectivity index (χ4n) is 2.89. The molecule has 0 spiro atoms. The second-order valence-electron chi connectivity index (χ2n) is 5.93. The van der Waals surface area contributed by atoms with Gasteiger partial charge in [-0.25, -0.2) is 12.7 Å². The zero-order chi connectivity index (χ0) is 16.4. The molecule has 2 aliphatic heterocycles. The smallest absolute Gasteiger partial charge is 0.250 e. The number of piperidine rings is 1. The van der Waals surface area contributed by atoms with Gasteiger partial charge in [0.05, 0.1) is 11.8 Å². The summed E-state index contributed by atoms with van der Waals surface area (Å²) in [5.41, 5.74) is 1.44. The van der Waals surface area contributed by atoms with E-state index >= 15 is 0 Å². The van der Waals surface area contributed by atoms with Gasteiger partial charge in [-0.05, 0) is 25.0 Å². The Morgan fingerprint density at radius 3 is 2.91 bits per heavy atom. The first-order chi connectivity index (χ1) is 10.9. The summed E-state index contributed by atoms with van der Waals surface area (Å²) in [7, 11) is -3.22. The number of nitrogens with one attached hydrogen (secondary N) is 1. The lowest BCUT2D eigenvalue weighted by Crippen LogP contribution is -2.49. The van der Waals surface area contributed by atoms with Crippen LogP contribution in [0.2, 0.25) is 0 Å². The second-order valence-corrected chi connectivity index (χ2v) is 7.91. The van der Waals surface area contributed by atoms with E-state index in [0.29, 0.717) is 18.7 Å². The Morgan fingerprint density at radius 2 is 2.13 bits per heavy atom. The minimum atomic E-state index is -3.22. The molecule has 1 fully saturated rings. The Hall–Kier alpha value is -1.86. The van der Waals surface area contributed by atoms with Crippen LogP contribution in [-0.2, 0) is 14.8 Å². The van der Waals surface area contributed by atoms with Crippen LogP contribution in [0.15, 0.2) is 29.8 Å². The SMILES string of the molecule is CS(=O)(=O)N1CCC[C@H](NC(=O)C2=Cc3ccccc3OC2)C1. The highest BCUT2D eigenvalue weighted by Gasteiger charge is 2.28. The molecule has 7 heteroatoms. The maximum Gasteiger partial charge on any atom is 0.250 e. The fourth-order valence-corrected chi connectivity index (χ4v) is 3.80. The zero-order valence-electron chi connectivity index (χ0n) is 13.0. The van der Waals surface area contributed by atoms with E-state index in [4.69, 9.17) is 4.74 Å². The van der Waals surface area contributed by atoms with Crippen LogP contribution in [0.5, 0.6) is 5.75 Å². The summed E-state index contributed by atoms with van der Waals surface area (Å²) >= 11 is 0. The molecular formula is C16H20N2O4S. The molecule has 0 aliphatic carbocycles. The lowest BCUT2D eigenvalue weighted by molar-refractivity contribution is -0.118. The van der Waals surface area contributed by atoms with Gasteiger partial charge in [0.25, 0.3) is 5.91 Å². The number of para-hydroxylation sites is 1. The van der Waals surface area contributed by atoms with Crippen molar-refractivity contribution >= 4 is 22.0 Å². The van der Waals surface area contributed by atoms with Gasteiger partial charge in [-0.3, -0.25) is 4.79 Å². The largest absolute Gasteiger partial charge is 0.488 e. The van der Waals surface area contributed by atoms with E-state index in [9.17, 15) is 13.2 Å². The molecule has 1 saturated heterocycles. The molecule has 1 aromatic carbocycles. The molecule has 0 bridgehead atoms. The van der Waals surface area contributed by atoms with Crippen LogP contribution in [0.4, 0.5) is 0 Å². The molecule has 0 saturated carbocycles. The molecule has 0 radical (unpaired) electrons. The minimum absolute atomic E-state index is 0.163. The Morgan fingerprint density at radius 1 is 1.35 bits per heavy atom. The molecule has 6 nitrogen and oxygen atoms in total. The maximum absolute atomic E-state index is 12.4. The number of carbonyl (C=O) groups excluding carboxylic acids is 1. The van der Waals surface area contributed by atoms with Crippen molar-refractivity contribution in [2.75, 3.05) is 26.0 Å². The number of ether oxygens (including phenoxy) is 1. The molecule has 2 heterocycles. The Labute approximate surface area is 136 Å². The molecule has 23 heavy (non-hydrogen) atoms. The van der Waals surface area contributed by atoms with Crippen molar-refractivity contribution in [2.45, 2.75) is 18.9 Å². The number of rotatable bonds is 3. The van der Waals surface area contributed by atoms with E-state index in [0.717, 1.165) is 24.2 Å². The van der Waals surface area contributed by atoms with Gasteiger partial charge in [0.2, 0.25) is 10.0 Å². The van der Waals surface area contributed by atoms with Gasteiger partial charge >= 0.3 is 0 Å². The first kappa shape index (κ1) is 16.0. The van der Waals surface area contributed by atoms with Gasteiger partial charge in [-0.2, -0.15) is 0 Å². The third kappa shape index (κ3) is 3.73. The van der Waals surface area contributed by atoms with Crippen molar-refractivity contribution in [1.29, 1.82) is 0 Å². The lowest BCUT2D eigenvalue weighted by Gasteiger charge is -2.31. The monoisotopic (exact) mass is 336 g/mol. The van der Waals surface area contributed by atoms with E-state index in [1.807, 2.05) is 30.3 Å². The Kier molecular flexibility index (Phi) is 4.41. The molecule has 124 valence electrons. The molecule has 1 atom stereocenters. The van der Waals surface area contributed by atoms with E-state index in [1.54, 1.807) is 0 Å². The summed E-state index contributed by atoms with van der Waals surface area (Å²) in [6.07, 6.45) is 4.55. The average molecular weight is 336 g/mol. The Balaban J connectivity index is 1.67. The van der Waals surface area contributed by atoms with Gasteiger partial charge in [0, 0.05) is 24.7 Å². The van der Waals surface area contributed by atoms with E-state index in [-0.39, 0.29) is 18.6 Å². The van der Waals surface area contributed by atoms with Crippen LogP contribution < -0.4 is 10.1 Å². The van der Waals surface area contributed by atoms with Gasteiger partial charge < -0.3 is 10.1 Å². The number of hydrogen-bond acceptors (Lipinski definition) is 4. The summed E-state index contributed by atoms with van der Waals surface area (Å²) in [6, 6.07) is 7.38. The molecule has 1 amide bonds. The quantitative estimate of drug-likeness (QED) is 0.894. The van der Waals surface area contributed by atoms with Crippen LogP contribution >= 0.6 is 0 Å². The van der Waals surface area contributed by atoms with Crippen LogP contribution in [0, 0.1) is 0 Å². The summed E-state index contributed by atoms with van der Waals surface area (Å²) in [4.78, 5) is 12.4. The molecule has 3 rings (SSSR count). The minimum Gasteiger partial charge on any atom is -0.488 e. The van der Waals surface area contributed by atoms with Crippen LogP contribution in [0.1, 0.15) is 18.4 Å². The van der Waals surface area contributed by atoms with Crippen LogP contribution in [0.3, 0.4) is 0 Å². The molecule has 1 N–H and O–H groups in total. The number of amides is 1. The number of hydrogen-bond donors (Lipinski definition) is 1. The van der Waals surface area contributed by atoms with Crippen LogP contribution in [-0.4, -0.2) is 50.6 Å². The standard InChI is InChI=1S/C16H20N2O4S/c1-23(20,21)18-8-4-6-14(10-18)17-16(19)13-9-12-5-2-3-7-15(12)22-11-13/h2-3,5,7,9,14H,4,6,8,10-11H2,1H3,(H,17,19)/t14-/m0/s1. The summed E-state index contributed by atoms with van der Waals surface area (Å²) < 4.78 is 30.3. The molecular weight excluding hydrogens is 316 g/mol. The maximum atomic E-state index is 12.4. The predicted octanol–water partition coefficient (Wildman–Crippen LogP) is 1.00. The number of sulfonamides is 1. The molecule has 1 aromatic rings. The Bertz CT molecular complexity index is 742. The lowest BCUT2D eigenvalue weighted by atomic mass is 10.0. The van der Waals surface area contributed by atoms with Crippen molar-refractivity contribution in [2.24, 2.45) is 0 Å². The predicted molar refractivity (Wildman–Crippen MR) is 87.5 cm³/mol. The van der Waals surface area contributed by atoms with Crippen molar-refractivity contribution in [3.8, 4) is 5.75 Å². The van der Waals surface area contributed by atoms with Crippen molar-refractivity contribution in [3.63, 3.8) is 0 Å². The van der Waals surface area contributed by atoms with Gasteiger partial charge in [-0.15, -0.1) is 0 Å². The second kappa shape index (κ2) is 6.33. The third-order valence-electron chi connectivity index (χ3n) is 4.11. The van der Waals surface area contributed by atoms with E-state index in [2.05, 4.69) is 5.32 Å². The van der Waals surface area contributed by atoms with E-state index in [1.165, 1.54) is 10.6 Å². The number of carbonyl (C=O) groups is 1. The molecule has 0 aromatic heterocycles. The van der Waals surface area contributed by atoms with Crippen molar-refractivity contribution < 1.29 is 17.9 Å². The summed E-state index contributed by atoms with van der Waals surface area (Å²) in [5.74, 6) is 0.574. The topological polar surface area (TPSA) is 75.7 Å². The van der Waals surface area contributed by atoms with Crippen molar-refractivity contribution in [1.82, 2.24) is 9.62 Å². The zero-order valence-corrected chi connectivity index (χ0v) is 13.8. The van der Waals surface area contributed by atoms with Gasteiger partial charge in [-0.1, -0.05) is 18.2 Å². The first-order valence-electron chi connectivity index (χ1n) is 7.62. The highest BCUT2D eigenvalue weighted by molar-refractivity contribution is 7.88. The normalized spacial score (nSPS) is 21.8. The number of nitrogens with zero attached hydrogens (tertiary/aromatic N) is 1. The van der Waals surface area contributed by atoms with Gasteiger partial charge in [0.15, 0.2) is 0 Å². The van der Waals surface area contributed by atoms with E-state index < -0.39 is 10.0 Å². The summed E-state index contributed by atoms with van der Waals surface area (Å²) in [6.45, 7) is 1.07. The average Bonchev–Trinajstić information content (AvgIpc) is 2.54. The highest BCUT2D eigenvalue weighted by Crippen LogP contribution is 2.25. The molecule has 0 unspecified atom stereocenters. The van der Waals surface area contributed by atoms with Gasteiger partial charge in [0.1, 0.15) is 12.4 Å². The fraction of sp³-hybridized carbons (Fsp3) is 0.438. The number of benzene rings is 1. The summed E-state index contributed by atoms with van der Waals surface area (Å²) in [5, 5.41) is 2.93. The molecule has 2 aliphatic rings.